The Kier molecular flexibility index (Phi) is 27.6. The Morgan fingerprint density at radius 3 is 0.961 bits per heavy atom. The average molecular weight is 1100 g/mol. The van der Waals surface area contributed by atoms with Crippen molar-refractivity contribution in [3.63, 3.8) is 0 Å². The van der Waals surface area contributed by atoms with Gasteiger partial charge in [-0.1, -0.05) is 0 Å². The van der Waals surface area contributed by atoms with Gasteiger partial charge in [0.25, 0.3) is 0 Å². The number of ether oxygens (including phenoxy) is 5. The SMILES string of the molecule is CC(C)(C)OC(=O)N1CCCCN(C(=O)CCCC(=O)N2CCCCN(C(=O)OC(C)(C)C)CCCN(C(=O)OC(C)(C)C)CCN(C(=O)OC(C)(C)C)C2)CN(CCCCC(=O)O)CCN(C(=O)OC(C)(C)C)CCC1. The Bertz CT molecular complexity index is 1900. The molecule has 2 aliphatic heterocycles. The molecule has 0 aliphatic carbocycles. The molecule has 2 saturated heterocycles. The van der Waals surface area contributed by atoms with Crippen molar-refractivity contribution in [1.29, 1.82) is 0 Å². The number of carbonyl (C=O) groups is 8. The fourth-order valence-electron chi connectivity index (χ4n) is 8.22. The second-order valence-electron chi connectivity index (χ2n) is 25.2. The fraction of sp³-hybridized carbons (Fsp3) is 0.855. The van der Waals surface area contributed by atoms with Crippen LogP contribution in [0.4, 0.5) is 24.0 Å². The molecule has 0 bridgehead atoms. The zero-order valence-corrected chi connectivity index (χ0v) is 49.9. The molecule has 0 aromatic carbocycles. The van der Waals surface area contributed by atoms with Crippen molar-refractivity contribution in [3.05, 3.63) is 0 Å². The van der Waals surface area contributed by atoms with E-state index in [0.717, 1.165) is 0 Å². The molecule has 0 radical (unpaired) electrons. The molecule has 444 valence electrons. The van der Waals surface area contributed by atoms with Crippen molar-refractivity contribution in [2.45, 2.75) is 209 Å². The maximum atomic E-state index is 14.4. The van der Waals surface area contributed by atoms with E-state index in [1.54, 1.807) is 128 Å². The third-order valence-electron chi connectivity index (χ3n) is 11.8. The lowest BCUT2D eigenvalue weighted by atomic mass is 10.1. The Balaban J connectivity index is 2.49. The number of rotatable bonds is 9. The van der Waals surface area contributed by atoms with E-state index >= 15 is 0 Å². The Morgan fingerprint density at radius 2 is 0.610 bits per heavy atom. The van der Waals surface area contributed by atoms with Crippen LogP contribution < -0.4 is 0 Å². The van der Waals surface area contributed by atoms with Crippen molar-refractivity contribution >= 4 is 48.2 Å². The lowest BCUT2D eigenvalue weighted by molar-refractivity contribution is -0.137. The minimum atomic E-state index is -0.903. The van der Waals surface area contributed by atoms with Gasteiger partial charge in [0, 0.05) is 97.8 Å². The molecule has 0 aromatic heterocycles. The summed E-state index contributed by atoms with van der Waals surface area (Å²) in [6, 6.07) is 0. The van der Waals surface area contributed by atoms with E-state index < -0.39 is 64.4 Å². The molecule has 22 heteroatoms. The van der Waals surface area contributed by atoms with Gasteiger partial charge in [0.05, 0.1) is 13.3 Å². The van der Waals surface area contributed by atoms with Gasteiger partial charge in [-0.2, -0.15) is 0 Å². The van der Waals surface area contributed by atoms with Crippen LogP contribution in [0.2, 0.25) is 0 Å². The van der Waals surface area contributed by atoms with Crippen molar-refractivity contribution in [2.24, 2.45) is 0 Å². The third kappa shape index (κ3) is 30.5. The molecule has 2 fully saturated rings. The molecular formula is C55H100N8O14. The predicted octanol–water partition coefficient (Wildman–Crippen LogP) is 8.84. The summed E-state index contributed by atoms with van der Waals surface area (Å²) < 4.78 is 28.8. The highest BCUT2D eigenvalue weighted by molar-refractivity contribution is 5.79. The molecule has 0 atom stereocenters. The summed E-state index contributed by atoms with van der Waals surface area (Å²) in [5.41, 5.74) is -3.91. The highest BCUT2D eigenvalue weighted by Gasteiger charge is 2.32. The fourth-order valence-corrected chi connectivity index (χ4v) is 8.22. The number of carboxylic acid groups (broad SMARTS) is 1. The first-order chi connectivity index (χ1) is 35.5. The number of nitrogens with zero attached hydrogens (tertiary/aromatic N) is 8. The Morgan fingerprint density at radius 1 is 0.325 bits per heavy atom. The first-order valence-corrected chi connectivity index (χ1v) is 27.9. The molecule has 0 aromatic rings. The quantitative estimate of drug-likeness (QED) is 0.168. The molecular weight excluding hydrogens is 997 g/mol. The summed E-state index contributed by atoms with van der Waals surface area (Å²) in [6.45, 7) is 30.1. The van der Waals surface area contributed by atoms with Crippen molar-refractivity contribution in [2.75, 3.05) is 98.4 Å². The smallest absolute Gasteiger partial charge is 0.411 e. The number of amides is 7. The molecule has 77 heavy (non-hydrogen) atoms. The van der Waals surface area contributed by atoms with Crippen LogP contribution in [0.15, 0.2) is 0 Å². The second-order valence-corrected chi connectivity index (χ2v) is 25.2. The molecule has 1 N–H and O–H groups in total. The molecule has 0 spiro atoms. The number of hydrogen-bond acceptors (Lipinski definition) is 14. The number of hydrogen-bond donors (Lipinski definition) is 1. The average Bonchev–Trinajstić information content (AvgIpc) is 3.25. The standard InChI is InChI=1S/C55H100N8O14/c1-51(2,3)73-46(68)57-29-18-20-31-61(41-56(28-17-16-27-45(66)67)37-38-59(35-23-33-57)48(70)75-53(7,8)9)43(64)25-22-26-44(65)62-32-21-19-30-58(47(69)74-52(4,5)6)34-24-36-60(49(71)76-54(10,11)12)39-40-63(42-62)50(72)77-55(13,14)15/h16-42H2,1-15H3,(H,66,67). The predicted molar refractivity (Wildman–Crippen MR) is 292 cm³/mol. The minimum Gasteiger partial charge on any atom is -0.481 e. The van der Waals surface area contributed by atoms with Crippen LogP contribution >= 0.6 is 0 Å². The maximum absolute atomic E-state index is 14.4. The van der Waals surface area contributed by atoms with Crippen molar-refractivity contribution in [1.82, 2.24) is 39.2 Å². The van der Waals surface area contributed by atoms with E-state index in [1.807, 2.05) is 4.90 Å². The minimum absolute atomic E-state index is 0.000955. The van der Waals surface area contributed by atoms with Crippen LogP contribution in [-0.2, 0) is 38.1 Å². The Hall–Kier alpha value is -5.28. The largest absolute Gasteiger partial charge is 0.481 e. The zero-order valence-electron chi connectivity index (χ0n) is 49.9. The Labute approximate surface area is 460 Å². The topological polar surface area (TPSA) is 229 Å². The van der Waals surface area contributed by atoms with Crippen LogP contribution in [-0.4, -0.2) is 219 Å². The normalized spacial score (nSPS) is 17.6. The molecule has 2 heterocycles. The summed E-state index contributed by atoms with van der Waals surface area (Å²) in [6.07, 6.45) is 1.30. The van der Waals surface area contributed by atoms with Gasteiger partial charge in [-0.3, -0.25) is 24.2 Å². The van der Waals surface area contributed by atoms with Gasteiger partial charge in [-0.05, 0) is 168 Å². The van der Waals surface area contributed by atoms with Crippen molar-refractivity contribution < 1.29 is 67.1 Å². The van der Waals surface area contributed by atoms with Gasteiger partial charge < -0.3 is 58.2 Å². The van der Waals surface area contributed by atoms with Crippen LogP contribution in [0.3, 0.4) is 0 Å². The summed E-state index contributed by atoms with van der Waals surface area (Å²) in [5.74, 6) is -1.43. The van der Waals surface area contributed by atoms with Gasteiger partial charge in [0.2, 0.25) is 11.8 Å². The van der Waals surface area contributed by atoms with Crippen LogP contribution in [0.1, 0.15) is 181 Å². The lowest BCUT2D eigenvalue weighted by Crippen LogP contribution is -2.50. The van der Waals surface area contributed by atoms with E-state index in [1.165, 1.54) is 9.80 Å². The zero-order chi connectivity index (χ0) is 58.4. The van der Waals surface area contributed by atoms with E-state index in [4.69, 9.17) is 23.7 Å². The van der Waals surface area contributed by atoms with Gasteiger partial charge in [0.1, 0.15) is 28.0 Å². The maximum Gasteiger partial charge on any atom is 0.411 e. The summed E-state index contributed by atoms with van der Waals surface area (Å²) in [7, 11) is 0. The van der Waals surface area contributed by atoms with Gasteiger partial charge in [-0.25, -0.2) is 24.0 Å². The highest BCUT2D eigenvalue weighted by atomic mass is 16.6. The van der Waals surface area contributed by atoms with E-state index in [9.17, 15) is 43.5 Å². The van der Waals surface area contributed by atoms with E-state index in [2.05, 4.69) is 0 Å². The van der Waals surface area contributed by atoms with Gasteiger partial charge in [0.15, 0.2) is 0 Å². The summed E-state index contributed by atoms with van der Waals surface area (Å²) in [4.78, 5) is 121. The molecule has 2 aliphatic rings. The summed E-state index contributed by atoms with van der Waals surface area (Å²) in [5, 5.41) is 9.37. The number of carbonyl (C=O) groups excluding carboxylic acids is 7. The van der Waals surface area contributed by atoms with Crippen molar-refractivity contribution in [3.8, 4) is 0 Å². The molecule has 7 amide bonds. The monoisotopic (exact) mass is 1100 g/mol. The van der Waals surface area contributed by atoms with E-state index in [-0.39, 0.29) is 90.1 Å². The first kappa shape index (κ1) is 67.8. The second kappa shape index (κ2) is 31.3. The molecule has 0 saturated carbocycles. The molecule has 22 nitrogen and oxygen atoms in total. The third-order valence-corrected chi connectivity index (χ3v) is 11.8. The number of aliphatic carboxylic acids is 1. The number of carboxylic acids is 1. The van der Waals surface area contributed by atoms with Crippen LogP contribution in [0, 0.1) is 0 Å². The summed E-state index contributed by atoms with van der Waals surface area (Å²) >= 11 is 0. The van der Waals surface area contributed by atoms with Gasteiger partial charge in [-0.15, -0.1) is 0 Å². The molecule has 2 rings (SSSR count). The molecule has 0 unspecified atom stereocenters. The van der Waals surface area contributed by atoms with Crippen LogP contribution in [0.5, 0.6) is 0 Å². The van der Waals surface area contributed by atoms with E-state index in [0.29, 0.717) is 97.2 Å². The lowest BCUT2D eigenvalue weighted by Gasteiger charge is -2.35. The van der Waals surface area contributed by atoms with Gasteiger partial charge >= 0.3 is 36.4 Å². The van der Waals surface area contributed by atoms with Crippen LogP contribution in [0.25, 0.3) is 0 Å². The number of unbranched alkanes of at least 4 members (excludes halogenated alkanes) is 1. The highest BCUT2D eigenvalue weighted by Crippen LogP contribution is 2.19. The first-order valence-electron chi connectivity index (χ1n) is 27.9.